The molecule has 0 saturated heterocycles. The molecule has 6 nitrogen and oxygen atoms in total. The summed E-state index contributed by atoms with van der Waals surface area (Å²) in [6, 6.07) is 0. The Kier molecular flexibility index (Phi) is 5.95. The van der Waals surface area contributed by atoms with Gasteiger partial charge in [0.15, 0.2) is 0 Å². The van der Waals surface area contributed by atoms with Gasteiger partial charge in [-0.1, -0.05) is 13.8 Å². The number of amides is 1. The molecule has 0 fully saturated rings. The third-order valence-electron chi connectivity index (χ3n) is 2.77. The zero-order valence-electron chi connectivity index (χ0n) is 12.4. The van der Waals surface area contributed by atoms with E-state index in [9.17, 15) is 4.79 Å². The molecule has 108 valence electrons. The Labute approximate surface area is 115 Å². The predicted octanol–water partition coefficient (Wildman–Crippen LogP) is 0.762. The van der Waals surface area contributed by atoms with Crippen LogP contribution in [0.1, 0.15) is 26.7 Å². The molecule has 0 bridgehead atoms. The highest BCUT2D eigenvalue weighted by atomic mass is 16.1. The molecule has 0 aliphatic carbocycles. The van der Waals surface area contributed by atoms with E-state index < -0.39 is 0 Å². The third-order valence-corrected chi connectivity index (χ3v) is 2.77. The zero-order valence-corrected chi connectivity index (χ0v) is 12.4. The van der Waals surface area contributed by atoms with Crippen LogP contribution in [0.5, 0.6) is 0 Å². The van der Waals surface area contributed by atoms with Gasteiger partial charge in [0.05, 0.1) is 0 Å². The first kappa shape index (κ1) is 15.6. The minimum atomic E-state index is 0.0884. The van der Waals surface area contributed by atoms with Gasteiger partial charge in [0.25, 0.3) is 0 Å². The minimum absolute atomic E-state index is 0.0884. The minimum Gasteiger partial charge on any atom is -0.356 e. The predicted molar refractivity (Wildman–Crippen MR) is 74.6 cm³/mol. The van der Waals surface area contributed by atoms with Crippen molar-refractivity contribution in [2.45, 2.75) is 33.2 Å². The Morgan fingerprint density at radius 2 is 2.16 bits per heavy atom. The van der Waals surface area contributed by atoms with Crippen molar-refractivity contribution in [3.8, 4) is 0 Å². The highest BCUT2D eigenvalue weighted by Gasteiger charge is 2.19. The van der Waals surface area contributed by atoms with Crippen LogP contribution in [0.4, 0.5) is 0 Å². The van der Waals surface area contributed by atoms with Gasteiger partial charge in [0.2, 0.25) is 5.91 Å². The lowest BCUT2D eigenvalue weighted by molar-refractivity contribution is -0.121. The topological polar surface area (TPSA) is 63.1 Å². The Bertz CT molecular complexity index is 372. The lowest BCUT2D eigenvalue weighted by Gasteiger charge is -2.28. The average molecular weight is 267 g/mol. The van der Waals surface area contributed by atoms with Crippen molar-refractivity contribution in [1.29, 1.82) is 0 Å². The van der Waals surface area contributed by atoms with Gasteiger partial charge in [-0.3, -0.25) is 9.48 Å². The Hall–Kier alpha value is -1.43. The summed E-state index contributed by atoms with van der Waals surface area (Å²) in [5.74, 6) is 0.104. The summed E-state index contributed by atoms with van der Waals surface area (Å²) in [4.78, 5) is 17.7. The Morgan fingerprint density at radius 3 is 2.74 bits per heavy atom. The molecule has 1 rings (SSSR count). The summed E-state index contributed by atoms with van der Waals surface area (Å²) >= 11 is 0. The first-order chi connectivity index (χ1) is 8.89. The van der Waals surface area contributed by atoms with Crippen molar-refractivity contribution in [2.75, 3.05) is 27.2 Å². The van der Waals surface area contributed by atoms with E-state index in [2.05, 4.69) is 34.1 Å². The maximum atomic E-state index is 11.7. The number of nitrogens with zero attached hydrogens (tertiary/aromatic N) is 4. The normalized spacial score (nSPS) is 11.8. The summed E-state index contributed by atoms with van der Waals surface area (Å²) in [5.41, 5.74) is 0.0884. The number of carbonyl (C=O) groups is 1. The smallest absolute Gasteiger partial charge is 0.220 e. The number of aromatic nitrogens is 3. The van der Waals surface area contributed by atoms with Crippen molar-refractivity contribution < 1.29 is 4.79 Å². The fraction of sp³-hybridized carbons (Fsp3) is 0.769. The van der Waals surface area contributed by atoms with E-state index in [4.69, 9.17) is 0 Å². The Morgan fingerprint density at radius 1 is 1.42 bits per heavy atom. The molecule has 1 aromatic heterocycles. The first-order valence-corrected chi connectivity index (χ1v) is 6.63. The molecular weight excluding hydrogens is 242 g/mol. The van der Waals surface area contributed by atoms with E-state index in [0.717, 1.165) is 19.5 Å². The molecule has 0 atom stereocenters. The van der Waals surface area contributed by atoms with Crippen molar-refractivity contribution in [3.05, 3.63) is 12.7 Å². The second-order valence-corrected chi connectivity index (χ2v) is 5.94. The summed E-state index contributed by atoms with van der Waals surface area (Å²) in [6.07, 6.45) is 4.48. The molecular formula is C13H25N5O. The van der Waals surface area contributed by atoms with Gasteiger partial charge in [0, 0.05) is 26.1 Å². The van der Waals surface area contributed by atoms with E-state index in [1.807, 2.05) is 14.1 Å². The number of carbonyl (C=O) groups excluding carboxylic acids is 1. The molecule has 0 saturated carbocycles. The lowest BCUT2D eigenvalue weighted by atomic mass is 9.93. The maximum Gasteiger partial charge on any atom is 0.220 e. The van der Waals surface area contributed by atoms with Gasteiger partial charge < -0.3 is 10.2 Å². The van der Waals surface area contributed by atoms with Crippen LogP contribution in [0.25, 0.3) is 0 Å². The molecule has 1 aromatic rings. The van der Waals surface area contributed by atoms with Crippen LogP contribution in [-0.2, 0) is 11.3 Å². The maximum absolute atomic E-state index is 11.7. The molecule has 19 heavy (non-hydrogen) atoms. The van der Waals surface area contributed by atoms with Crippen molar-refractivity contribution in [2.24, 2.45) is 5.41 Å². The van der Waals surface area contributed by atoms with Gasteiger partial charge in [-0.25, -0.2) is 4.98 Å². The van der Waals surface area contributed by atoms with E-state index in [1.54, 1.807) is 11.0 Å². The molecule has 0 unspecified atom stereocenters. The number of aryl methyl sites for hydroxylation is 1. The fourth-order valence-corrected chi connectivity index (χ4v) is 2.09. The molecule has 1 heterocycles. The highest BCUT2D eigenvalue weighted by Crippen LogP contribution is 2.14. The highest BCUT2D eigenvalue weighted by molar-refractivity contribution is 5.75. The molecule has 1 amide bonds. The van der Waals surface area contributed by atoms with Gasteiger partial charge in [0.1, 0.15) is 12.7 Å². The van der Waals surface area contributed by atoms with E-state index in [-0.39, 0.29) is 11.3 Å². The lowest BCUT2D eigenvalue weighted by Crippen LogP contribution is -2.39. The van der Waals surface area contributed by atoms with Crippen LogP contribution in [0, 0.1) is 5.41 Å². The number of hydrogen-bond acceptors (Lipinski definition) is 4. The van der Waals surface area contributed by atoms with Crippen LogP contribution >= 0.6 is 0 Å². The van der Waals surface area contributed by atoms with Crippen LogP contribution in [0.15, 0.2) is 12.7 Å². The zero-order chi connectivity index (χ0) is 14.3. The summed E-state index contributed by atoms with van der Waals surface area (Å²) in [6.45, 7) is 6.69. The van der Waals surface area contributed by atoms with Crippen LogP contribution in [0.2, 0.25) is 0 Å². The Balaban J connectivity index is 2.17. The fourth-order valence-electron chi connectivity index (χ4n) is 2.09. The quantitative estimate of drug-likeness (QED) is 0.755. The van der Waals surface area contributed by atoms with Crippen molar-refractivity contribution in [3.63, 3.8) is 0 Å². The molecule has 0 aliphatic rings. The van der Waals surface area contributed by atoms with Crippen molar-refractivity contribution in [1.82, 2.24) is 25.0 Å². The SMILES string of the molecule is CN(C)CC(C)(C)CNC(=O)CCCn1cncn1. The number of rotatable bonds is 8. The van der Waals surface area contributed by atoms with Gasteiger partial charge >= 0.3 is 0 Å². The second kappa shape index (κ2) is 7.23. The van der Waals surface area contributed by atoms with Crippen LogP contribution in [-0.4, -0.2) is 52.8 Å². The van der Waals surface area contributed by atoms with Crippen LogP contribution < -0.4 is 5.32 Å². The molecule has 6 heteroatoms. The second-order valence-electron chi connectivity index (χ2n) is 5.94. The summed E-state index contributed by atoms with van der Waals surface area (Å²) in [5, 5.41) is 7.00. The largest absolute Gasteiger partial charge is 0.356 e. The van der Waals surface area contributed by atoms with E-state index in [0.29, 0.717) is 13.0 Å². The van der Waals surface area contributed by atoms with Gasteiger partial charge in [-0.05, 0) is 25.9 Å². The van der Waals surface area contributed by atoms with E-state index >= 15 is 0 Å². The number of hydrogen-bond donors (Lipinski definition) is 1. The molecule has 0 spiro atoms. The summed E-state index contributed by atoms with van der Waals surface area (Å²) in [7, 11) is 4.09. The van der Waals surface area contributed by atoms with E-state index in [1.165, 1.54) is 6.33 Å². The monoisotopic (exact) mass is 267 g/mol. The van der Waals surface area contributed by atoms with Crippen molar-refractivity contribution >= 4 is 5.91 Å². The van der Waals surface area contributed by atoms with Gasteiger partial charge in [-0.15, -0.1) is 0 Å². The molecule has 0 aliphatic heterocycles. The first-order valence-electron chi connectivity index (χ1n) is 6.63. The third kappa shape index (κ3) is 6.91. The molecule has 0 radical (unpaired) electrons. The average Bonchev–Trinajstić information content (AvgIpc) is 2.78. The van der Waals surface area contributed by atoms with Gasteiger partial charge in [-0.2, -0.15) is 5.10 Å². The molecule has 0 aromatic carbocycles. The standard InChI is InChI=1S/C13H25N5O/c1-13(2,9-17(3)4)8-15-12(19)6-5-7-18-11-14-10-16-18/h10-11H,5-9H2,1-4H3,(H,15,19). The van der Waals surface area contributed by atoms with Crippen LogP contribution in [0.3, 0.4) is 0 Å². The molecule has 1 N–H and O–H groups in total. The summed E-state index contributed by atoms with van der Waals surface area (Å²) < 4.78 is 1.74. The number of nitrogens with one attached hydrogen (secondary N) is 1.